The molecule has 2 nitrogen and oxygen atoms in total. The van der Waals surface area contributed by atoms with Crippen molar-refractivity contribution >= 4 is 0 Å². The van der Waals surface area contributed by atoms with Gasteiger partial charge in [-0.25, -0.2) is 0 Å². The third-order valence-corrected chi connectivity index (χ3v) is 4.56. The van der Waals surface area contributed by atoms with Crippen LogP contribution in [0, 0.1) is 0 Å². The summed E-state index contributed by atoms with van der Waals surface area (Å²) in [5.74, 6) is 0. The Morgan fingerprint density at radius 3 is 2.10 bits per heavy atom. The minimum Gasteiger partial charge on any atom is -0.389 e. The van der Waals surface area contributed by atoms with E-state index < -0.39 is 5.60 Å². The van der Waals surface area contributed by atoms with E-state index in [2.05, 4.69) is 53.8 Å². The Morgan fingerprint density at radius 2 is 1.57 bits per heavy atom. The number of nitrogens with one attached hydrogen (secondary N) is 1. The van der Waals surface area contributed by atoms with Crippen molar-refractivity contribution in [3.05, 3.63) is 70.8 Å². The molecule has 2 aromatic carbocycles. The molecule has 2 heteroatoms. The third-order valence-electron chi connectivity index (χ3n) is 4.56. The SMILES string of the molecule is CCC(C)(O)CNC1c2ccccc2Cc2ccccc21. The van der Waals surface area contributed by atoms with Crippen molar-refractivity contribution < 1.29 is 5.11 Å². The zero-order chi connectivity index (χ0) is 14.9. The second-order valence-electron chi connectivity index (χ2n) is 6.24. The van der Waals surface area contributed by atoms with Crippen LogP contribution in [0.5, 0.6) is 0 Å². The van der Waals surface area contributed by atoms with Gasteiger partial charge in [0.05, 0.1) is 11.6 Å². The fourth-order valence-electron chi connectivity index (χ4n) is 2.99. The molecule has 1 aliphatic rings. The fourth-order valence-corrected chi connectivity index (χ4v) is 2.99. The van der Waals surface area contributed by atoms with Gasteiger partial charge < -0.3 is 10.4 Å². The lowest BCUT2D eigenvalue weighted by Crippen LogP contribution is -2.40. The molecule has 0 fully saturated rings. The summed E-state index contributed by atoms with van der Waals surface area (Å²) >= 11 is 0. The van der Waals surface area contributed by atoms with E-state index in [1.54, 1.807) is 0 Å². The van der Waals surface area contributed by atoms with Crippen LogP contribution in [0.15, 0.2) is 48.5 Å². The molecule has 3 rings (SSSR count). The molecule has 0 aromatic heterocycles. The average molecular weight is 281 g/mol. The van der Waals surface area contributed by atoms with Crippen LogP contribution in [0.1, 0.15) is 48.6 Å². The van der Waals surface area contributed by atoms with Crippen molar-refractivity contribution in [2.24, 2.45) is 0 Å². The number of rotatable bonds is 4. The minimum absolute atomic E-state index is 0.171. The zero-order valence-corrected chi connectivity index (χ0v) is 12.8. The van der Waals surface area contributed by atoms with Gasteiger partial charge in [-0.15, -0.1) is 0 Å². The molecule has 2 aromatic rings. The molecule has 1 unspecified atom stereocenters. The van der Waals surface area contributed by atoms with Gasteiger partial charge in [0.25, 0.3) is 0 Å². The number of hydrogen-bond acceptors (Lipinski definition) is 2. The first-order chi connectivity index (χ1) is 10.1. The van der Waals surface area contributed by atoms with Crippen LogP contribution in [-0.4, -0.2) is 17.3 Å². The van der Waals surface area contributed by atoms with E-state index in [1.807, 2.05) is 13.8 Å². The van der Waals surface area contributed by atoms with Crippen LogP contribution in [0.2, 0.25) is 0 Å². The standard InChI is InChI=1S/C19H23NO/c1-3-19(2,21)13-20-18-16-10-6-4-8-14(16)12-15-9-5-7-11-17(15)18/h4-11,18,20-21H,3,12-13H2,1-2H3. The number of fused-ring (bicyclic) bond motifs is 2. The summed E-state index contributed by atoms with van der Waals surface area (Å²) in [6.45, 7) is 4.50. The van der Waals surface area contributed by atoms with Gasteiger partial charge in [0.2, 0.25) is 0 Å². The minimum atomic E-state index is -0.665. The topological polar surface area (TPSA) is 32.3 Å². The molecule has 110 valence electrons. The van der Waals surface area contributed by atoms with E-state index in [-0.39, 0.29) is 6.04 Å². The molecule has 1 atom stereocenters. The highest BCUT2D eigenvalue weighted by molar-refractivity contribution is 5.48. The number of aliphatic hydroxyl groups is 1. The van der Waals surface area contributed by atoms with Gasteiger partial charge in [-0.2, -0.15) is 0 Å². The first-order valence-corrected chi connectivity index (χ1v) is 7.72. The quantitative estimate of drug-likeness (QED) is 0.900. The molecule has 0 aliphatic heterocycles. The monoisotopic (exact) mass is 281 g/mol. The van der Waals surface area contributed by atoms with Gasteiger partial charge >= 0.3 is 0 Å². The van der Waals surface area contributed by atoms with E-state index in [4.69, 9.17) is 0 Å². The highest BCUT2D eigenvalue weighted by Crippen LogP contribution is 2.34. The molecule has 0 amide bonds. The van der Waals surface area contributed by atoms with Crippen molar-refractivity contribution in [2.75, 3.05) is 6.54 Å². The first-order valence-electron chi connectivity index (χ1n) is 7.72. The van der Waals surface area contributed by atoms with Gasteiger partial charge in [0, 0.05) is 6.54 Å². The molecule has 0 saturated heterocycles. The Labute approximate surface area is 126 Å². The molecular formula is C19H23NO. The summed E-state index contributed by atoms with van der Waals surface area (Å²) in [6.07, 6.45) is 1.74. The third kappa shape index (κ3) is 2.87. The maximum Gasteiger partial charge on any atom is 0.0741 e. The maximum atomic E-state index is 10.3. The predicted molar refractivity (Wildman–Crippen MR) is 86.5 cm³/mol. The summed E-state index contributed by atoms with van der Waals surface area (Å²) in [6, 6.07) is 17.4. The highest BCUT2D eigenvalue weighted by atomic mass is 16.3. The summed E-state index contributed by atoms with van der Waals surface area (Å²) in [5, 5.41) is 13.9. The Morgan fingerprint density at radius 1 is 1.05 bits per heavy atom. The van der Waals surface area contributed by atoms with E-state index in [0.29, 0.717) is 6.54 Å². The summed E-state index contributed by atoms with van der Waals surface area (Å²) in [7, 11) is 0. The van der Waals surface area contributed by atoms with E-state index in [0.717, 1.165) is 12.8 Å². The molecule has 1 aliphatic carbocycles. The van der Waals surface area contributed by atoms with Crippen LogP contribution in [0.4, 0.5) is 0 Å². The Balaban J connectivity index is 1.95. The first kappa shape index (κ1) is 14.3. The Bertz CT molecular complexity index is 587. The second-order valence-corrected chi connectivity index (χ2v) is 6.24. The van der Waals surface area contributed by atoms with E-state index in [1.165, 1.54) is 22.3 Å². The second kappa shape index (κ2) is 5.63. The molecule has 21 heavy (non-hydrogen) atoms. The average Bonchev–Trinajstić information content (AvgIpc) is 2.51. The zero-order valence-electron chi connectivity index (χ0n) is 12.8. The van der Waals surface area contributed by atoms with Gasteiger partial charge in [-0.05, 0) is 42.0 Å². The molecular weight excluding hydrogens is 258 g/mol. The molecule has 0 bridgehead atoms. The summed E-state index contributed by atoms with van der Waals surface area (Å²) < 4.78 is 0. The summed E-state index contributed by atoms with van der Waals surface area (Å²) in [4.78, 5) is 0. The van der Waals surface area contributed by atoms with Crippen molar-refractivity contribution in [1.82, 2.24) is 5.32 Å². The van der Waals surface area contributed by atoms with Crippen LogP contribution in [0.25, 0.3) is 0 Å². The molecule has 0 radical (unpaired) electrons. The van der Waals surface area contributed by atoms with Crippen LogP contribution < -0.4 is 5.32 Å². The Kier molecular flexibility index (Phi) is 3.83. The normalized spacial score (nSPS) is 16.9. The fraction of sp³-hybridized carbons (Fsp3) is 0.368. The van der Waals surface area contributed by atoms with Gasteiger partial charge in [0.1, 0.15) is 0 Å². The molecule has 0 saturated carbocycles. The number of hydrogen-bond donors (Lipinski definition) is 2. The smallest absolute Gasteiger partial charge is 0.0741 e. The summed E-state index contributed by atoms with van der Waals surface area (Å²) in [5.41, 5.74) is 4.77. The predicted octanol–water partition coefficient (Wildman–Crippen LogP) is 3.43. The van der Waals surface area contributed by atoms with Crippen molar-refractivity contribution in [3.8, 4) is 0 Å². The van der Waals surface area contributed by atoms with E-state index in [9.17, 15) is 5.11 Å². The Hall–Kier alpha value is -1.64. The molecule has 0 spiro atoms. The largest absolute Gasteiger partial charge is 0.389 e. The van der Waals surface area contributed by atoms with Gasteiger partial charge in [-0.3, -0.25) is 0 Å². The highest BCUT2D eigenvalue weighted by Gasteiger charge is 2.27. The van der Waals surface area contributed by atoms with Crippen molar-refractivity contribution in [2.45, 2.75) is 38.3 Å². The van der Waals surface area contributed by atoms with Crippen LogP contribution in [0.3, 0.4) is 0 Å². The lowest BCUT2D eigenvalue weighted by Gasteiger charge is -2.32. The van der Waals surface area contributed by atoms with Crippen molar-refractivity contribution in [1.29, 1.82) is 0 Å². The lowest BCUT2D eigenvalue weighted by atomic mass is 9.82. The van der Waals surface area contributed by atoms with E-state index >= 15 is 0 Å². The molecule has 0 heterocycles. The maximum absolute atomic E-state index is 10.3. The number of benzene rings is 2. The van der Waals surface area contributed by atoms with Gasteiger partial charge in [-0.1, -0.05) is 55.5 Å². The van der Waals surface area contributed by atoms with Gasteiger partial charge in [0.15, 0.2) is 0 Å². The lowest BCUT2D eigenvalue weighted by molar-refractivity contribution is 0.0539. The van der Waals surface area contributed by atoms with Crippen LogP contribution >= 0.6 is 0 Å². The molecule has 2 N–H and O–H groups in total. The van der Waals surface area contributed by atoms with Crippen LogP contribution in [-0.2, 0) is 6.42 Å². The van der Waals surface area contributed by atoms with Crippen molar-refractivity contribution in [3.63, 3.8) is 0 Å².